The summed E-state index contributed by atoms with van der Waals surface area (Å²) in [5, 5.41) is 0. The van der Waals surface area contributed by atoms with E-state index in [2.05, 4.69) is 9.80 Å². The first kappa shape index (κ1) is 13.3. The molecular formula is C13H27N3O. The maximum atomic E-state index is 5.70. The lowest BCUT2D eigenvalue weighted by Gasteiger charge is -2.32. The van der Waals surface area contributed by atoms with Crippen LogP contribution in [-0.4, -0.2) is 68.3 Å². The molecule has 2 saturated heterocycles. The first-order chi connectivity index (χ1) is 8.38. The molecule has 2 heterocycles. The zero-order chi connectivity index (χ0) is 11.9. The Kier molecular flexibility index (Phi) is 5.71. The Balaban J connectivity index is 1.55. The zero-order valence-corrected chi connectivity index (χ0v) is 10.9. The molecule has 0 aromatic rings. The third kappa shape index (κ3) is 4.54. The fourth-order valence-electron chi connectivity index (χ4n) is 2.82. The van der Waals surface area contributed by atoms with E-state index in [1.54, 1.807) is 0 Å². The molecular weight excluding hydrogens is 214 g/mol. The van der Waals surface area contributed by atoms with Gasteiger partial charge in [-0.2, -0.15) is 0 Å². The van der Waals surface area contributed by atoms with E-state index >= 15 is 0 Å². The largest absolute Gasteiger partial charge is 0.377 e. The summed E-state index contributed by atoms with van der Waals surface area (Å²) in [6, 6.07) is 0. The van der Waals surface area contributed by atoms with Crippen molar-refractivity contribution in [2.75, 3.05) is 52.4 Å². The Bertz CT molecular complexity index is 199. The van der Waals surface area contributed by atoms with Crippen LogP contribution in [0, 0.1) is 0 Å². The molecule has 2 aliphatic heterocycles. The van der Waals surface area contributed by atoms with Crippen molar-refractivity contribution >= 4 is 0 Å². The van der Waals surface area contributed by atoms with Crippen LogP contribution in [0.25, 0.3) is 0 Å². The minimum atomic E-state index is 0.460. The lowest BCUT2D eigenvalue weighted by Crippen LogP contribution is -2.41. The highest BCUT2D eigenvalue weighted by molar-refractivity contribution is 4.75. The average Bonchev–Trinajstić information content (AvgIpc) is 2.88. The van der Waals surface area contributed by atoms with E-state index < -0.39 is 0 Å². The SMILES string of the molecule is NCCOC1CCN(CCN2CCCC2)CC1. The zero-order valence-electron chi connectivity index (χ0n) is 10.9. The number of ether oxygens (including phenoxy) is 1. The third-order valence-corrected chi connectivity index (χ3v) is 3.94. The Morgan fingerprint density at radius 3 is 2.12 bits per heavy atom. The van der Waals surface area contributed by atoms with Crippen molar-refractivity contribution in [3.63, 3.8) is 0 Å². The summed E-state index contributed by atoms with van der Waals surface area (Å²) >= 11 is 0. The molecule has 0 aromatic carbocycles. The first-order valence-electron chi connectivity index (χ1n) is 7.15. The Labute approximate surface area is 105 Å². The van der Waals surface area contributed by atoms with Crippen molar-refractivity contribution < 1.29 is 4.74 Å². The van der Waals surface area contributed by atoms with E-state index in [0.29, 0.717) is 12.6 Å². The van der Waals surface area contributed by atoms with Gasteiger partial charge in [0.1, 0.15) is 0 Å². The van der Waals surface area contributed by atoms with Crippen LogP contribution in [0.3, 0.4) is 0 Å². The molecule has 0 atom stereocenters. The van der Waals surface area contributed by atoms with Crippen LogP contribution in [0.5, 0.6) is 0 Å². The molecule has 0 bridgehead atoms. The van der Waals surface area contributed by atoms with E-state index in [1.165, 1.54) is 65.0 Å². The normalized spacial score (nSPS) is 24.5. The summed E-state index contributed by atoms with van der Waals surface area (Å²) in [6.07, 6.45) is 5.62. The number of piperidine rings is 1. The number of hydrogen-bond donors (Lipinski definition) is 1. The molecule has 0 aromatic heterocycles. The summed E-state index contributed by atoms with van der Waals surface area (Å²) < 4.78 is 5.70. The maximum absolute atomic E-state index is 5.70. The predicted octanol–water partition coefficient (Wildman–Crippen LogP) is 0.522. The molecule has 2 rings (SSSR count). The highest BCUT2D eigenvalue weighted by Gasteiger charge is 2.20. The van der Waals surface area contributed by atoms with Gasteiger partial charge >= 0.3 is 0 Å². The van der Waals surface area contributed by atoms with Gasteiger partial charge in [0.15, 0.2) is 0 Å². The molecule has 17 heavy (non-hydrogen) atoms. The van der Waals surface area contributed by atoms with Crippen LogP contribution in [0.15, 0.2) is 0 Å². The van der Waals surface area contributed by atoms with Gasteiger partial charge in [-0.05, 0) is 38.8 Å². The first-order valence-corrected chi connectivity index (χ1v) is 7.15. The summed E-state index contributed by atoms with van der Waals surface area (Å²) in [7, 11) is 0. The lowest BCUT2D eigenvalue weighted by atomic mass is 10.1. The Morgan fingerprint density at radius 2 is 1.53 bits per heavy atom. The van der Waals surface area contributed by atoms with Crippen molar-refractivity contribution in [1.29, 1.82) is 0 Å². The second kappa shape index (κ2) is 7.31. The fraction of sp³-hybridized carbons (Fsp3) is 1.00. The third-order valence-electron chi connectivity index (χ3n) is 3.94. The van der Waals surface area contributed by atoms with Crippen LogP contribution >= 0.6 is 0 Å². The maximum Gasteiger partial charge on any atom is 0.0600 e. The predicted molar refractivity (Wildman–Crippen MR) is 70.1 cm³/mol. The Hall–Kier alpha value is -0.160. The lowest BCUT2D eigenvalue weighted by molar-refractivity contribution is 0.0102. The highest BCUT2D eigenvalue weighted by atomic mass is 16.5. The number of hydrogen-bond acceptors (Lipinski definition) is 4. The van der Waals surface area contributed by atoms with Crippen LogP contribution in [0.1, 0.15) is 25.7 Å². The molecule has 2 fully saturated rings. The second-order valence-electron chi connectivity index (χ2n) is 5.25. The van der Waals surface area contributed by atoms with Gasteiger partial charge < -0.3 is 20.3 Å². The smallest absolute Gasteiger partial charge is 0.0600 e. The van der Waals surface area contributed by atoms with Crippen molar-refractivity contribution in [3.05, 3.63) is 0 Å². The van der Waals surface area contributed by atoms with Gasteiger partial charge in [0.25, 0.3) is 0 Å². The number of nitrogens with two attached hydrogens (primary N) is 1. The standard InChI is InChI=1S/C13H27N3O/c14-5-12-17-13-3-8-16(9-4-13)11-10-15-6-1-2-7-15/h13H,1-12,14H2. The summed E-state index contributed by atoms with van der Waals surface area (Å²) in [5.74, 6) is 0. The van der Waals surface area contributed by atoms with Crippen LogP contribution in [0.4, 0.5) is 0 Å². The molecule has 4 heteroatoms. The molecule has 0 saturated carbocycles. The Morgan fingerprint density at radius 1 is 0.941 bits per heavy atom. The molecule has 4 nitrogen and oxygen atoms in total. The van der Waals surface area contributed by atoms with Crippen molar-refractivity contribution in [2.24, 2.45) is 5.73 Å². The number of rotatable bonds is 6. The van der Waals surface area contributed by atoms with Crippen LogP contribution in [0.2, 0.25) is 0 Å². The van der Waals surface area contributed by atoms with Crippen molar-refractivity contribution in [3.8, 4) is 0 Å². The van der Waals surface area contributed by atoms with E-state index in [9.17, 15) is 0 Å². The van der Waals surface area contributed by atoms with Gasteiger partial charge in [0, 0.05) is 32.7 Å². The summed E-state index contributed by atoms with van der Waals surface area (Å²) in [6.45, 7) is 8.89. The quantitative estimate of drug-likeness (QED) is 0.736. The number of likely N-dealkylation sites (tertiary alicyclic amines) is 2. The molecule has 2 aliphatic rings. The van der Waals surface area contributed by atoms with Gasteiger partial charge in [-0.15, -0.1) is 0 Å². The van der Waals surface area contributed by atoms with Gasteiger partial charge in [0.05, 0.1) is 12.7 Å². The van der Waals surface area contributed by atoms with Crippen LogP contribution < -0.4 is 5.73 Å². The second-order valence-corrected chi connectivity index (χ2v) is 5.25. The summed E-state index contributed by atoms with van der Waals surface area (Å²) in [5.41, 5.74) is 5.45. The average molecular weight is 241 g/mol. The van der Waals surface area contributed by atoms with E-state index in [0.717, 1.165) is 6.61 Å². The molecule has 0 radical (unpaired) electrons. The molecule has 0 amide bonds. The molecule has 0 unspecified atom stereocenters. The van der Waals surface area contributed by atoms with E-state index in [4.69, 9.17) is 10.5 Å². The molecule has 0 aliphatic carbocycles. The van der Waals surface area contributed by atoms with Gasteiger partial charge in [-0.3, -0.25) is 0 Å². The number of nitrogens with zero attached hydrogens (tertiary/aromatic N) is 2. The van der Waals surface area contributed by atoms with Crippen LogP contribution in [-0.2, 0) is 4.74 Å². The van der Waals surface area contributed by atoms with Crippen molar-refractivity contribution in [1.82, 2.24) is 9.80 Å². The molecule has 2 N–H and O–H groups in total. The molecule has 100 valence electrons. The minimum Gasteiger partial charge on any atom is -0.377 e. The van der Waals surface area contributed by atoms with Gasteiger partial charge in [-0.1, -0.05) is 0 Å². The fourth-order valence-corrected chi connectivity index (χ4v) is 2.82. The highest BCUT2D eigenvalue weighted by Crippen LogP contribution is 2.14. The van der Waals surface area contributed by atoms with Gasteiger partial charge in [0.2, 0.25) is 0 Å². The van der Waals surface area contributed by atoms with Crippen molar-refractivity contribution in [2.45, 2.75) is 31.8 Å². The summed E-state index contributed by atoms with van der Waals surface area (Å²) in [4.78, 5) is 5.18. The topological polar surface area (TPSA) is 41.7 Å². The minimum absolute atomic E-state index is 0.460. The monoisotopic (exact) mass is 241 g/mol. The van der Waals surface area contributed by atoms with E-state index in [1.807, 2.05) is 0 Å². The van der Waals surface area contributed by atoms with Gasteiger partial charge in [-0.25, -0.2) is 0 Å². The molecule has 0 spiro atoms. The van der Waals surface area contributed by atoms with E-state index in [-0.39, 0.29) is 0 Å².